The minimum Gasteiger partial charge on any atom is -0.365 e. The van der Waals surface area contributed by atoms with Crippen molar-refractivity contribution in [2.24, 2.45) is 5.73 Å². The fourth-order valence-corrected chi connectivity index (χ4v) is 0.962. The summed E-state index contributed by atoms with van der Waals surface area (Å²) in [5.74, 6) is 0.822. The molecule has 0 fully saturated rings. The molecule has 4 heteroatoms. The standard InChI is InChI=1S/C9H16N4/c1-9(2,3)13-8-4-7(5-10)11-6-12-8/h4,6H,5,10H2,1-3H3,(H,11,12,13). The van der Waals surface area contributed by atoms with Crippen LogP contribution in [0.5, 0.6) is 0 Å². The first-order valence-electron chi connectivity index (χ1n) is 4.30. The van der Waals surface area contributed by atoms with Crippen molar-refractivity contribution in [2.45, 2.75) is 32.9 Å². The van der Waals surface area contributed by atoms with Crippen LogP contribution in [0.4, 0.5) is 5.82 Å². The summed E-state index contributed by atoms with van der Waals surface area (Å²) in [6.45, 7) is 6.69. The van der Waals surface area contributed by atoms with Gasteiger partial charge in [-0.3, -0.25) is 0 Å². The molecule has 0 amide bonds. The molecule has 0 aromatic carbocycles. The van der Waals surface area contributed by atoms with Gasteiger partial charge in [0.1, 0.15) is 12.1 Å². The van der Waals surface area contributed by atoms with E-state index in [-0.39, 0.29) is 5.54 Å². The van der Waals surface area contributed by atoms with E-state index in [9.17, 15) is 0 Å². The molecular formula is C9H16N4. The van der Waals surface area contributed by atoms with E-state index in [4.69, 9.17) is 5.73 Å². The summed E-state index contributed by atoms with van der Waals surface area (Å²) in [6, 6.07) is 1.87. The second-order valence-corrected chi connectivity index (χ2v) is 3.97. The van der Waals surface area contributed by atoms with Gasteiger partial charge < -0.3 is 11.1 Å². The molecule has 1 heterocycles. The van der Waals surface area contributed by atoms with Crippen LogP contribution in [0, 0.1) is 0 Å². The summed E-state index contributed by atoms with van der Waals surface area (Å²) in [7, 11) is 0. The zero-order valence-corrected chi connectivity index (χ0v) is 8.33. The summed E-state index contributed by atoms with van der Waals surface area (Å²) in [4.78, 5) is 8.11. The molecule has 1 rings (SSSR count). The number of anilines is 1. The van der Waals surface area contributed by atoms with Gasteiger partial charge in [-0.2, -0.15) is 0 Å². The highest BCUT2D eigenvalue weighted by Crippen LogP contribution is 2.11. The van der Waals surface area contributed by atoms with E-state index in [1.807, 2.05) is 6.07 Å². The van der Waals surface area contributed by atoms with Crippen LogP contribution in [0.2, 0.25) is 0 Å². The van der Waals surface area contributed by atoms with Crippen molar-refractivity contribution in [3.63, 3.8) is 0 Å². The number of rotatable bonds is 2. The van der Waals surface area contributed by atoms with E-state index in [1.165, 1.54) is 6.33 Å². The van der Waals surface area contributed by atoms with E-state index in [2.05, 4.69) is 36.1 Å². The summed E-state index contributed by atoms with van der Waals surface area (Å²) in [6.07, 6.45) is 1.52. The Bertz CT molecular complexity index is 277. The molecule has 0 atom stereocenters. The van der Waals surface area contributed by atoms with Crippen molar-refractivity contribution < 1.29 is 0 Å². The Kier molecular flexibility index (Phi) is 2.83. The van der Waals surface area contributed by atoms with E-state index in [1.54, 1.807) is 0 Å². The van der Waals surface area contributed by atoms with Crippen molar-refractivity contribution in [1.29, 1.82) is 0 Å². The topological polar surface area (TPSA) is 63.8 Å². The zero-order chi connectivity index (χ0) is 9.90. The predicted octanol–water partition coefficient (Wildman–Crippen LogP) is 1.15. The Morgan fingerprint density at radius 1 is 1.38 bits per heavy atom. The Balaban J connectivity index is 2.78. The number of nitrogens with one attached hydrogen (secondary N) is 1. The lowest BCUT2D eigenvalue weighted by Crippen LogP contribution is -2.26. The Labute approximate surface area is 78.6 Å². The number of nitrogens with zero attached hydrogens (tertiary/aromatic N) is 2. The summed E-state index contributed by atoms with van der Waals surface area (Å²) < 4.78 is 0. The zero-order valence-electron chi connectivity index (χ0n) is 8.33. The number of hydrogen-bond donors (Lipinski definition) is 2. The normalized spacial score (nSPS) is 11.4. The Morgan fingerprint density at radius 3 is 2.62 bits per heavy atom. The second kappa shape index (κ2) is 3.70. The molecule has 0 radical (unpaired) electrons. The lowest BCUT2D eigenvalue weighted by molar-refractivity contribution is 0.629. The molecule has 0 bridgehead atoms. The molecule has 1 aromatic heterocycles. The number of aromatic nitrogens is 2. The highest BCUT2D eigenvalue weighted by Gasteiger charge is 2.09. The van der Waals surface area contributed by atoms with E-state index in [0.29, 0.717) is 6.54 Å². The van der Waals surface area contributed by atoms with Gasteiger partial charge in [-0.1, -0.05) is 0 Å². The van der Waals surface area contributed by atoms with Gasteiger partial charge in [-0.25, -0.2) is 9.97 Å². The minimum atomic E-state index is 0.0141. The first-order chi connectivity index (χ1) is 6.01. The fraction of sp³-hybridized carbons (Fsp3) is 0.556. The molecule has 13 heavy (non-hydrogen) atoms. The molecule has 0 aliphatic rings. The Hall–Kier alpha value is -1.16. The largest absolute Gasteiger partial charge is 0.365 e. The van der Waals surface area contributed by atoms with Gasteiger partial charge >= 0.3 is 0 Å². The quantitative estimate of drug-likeness (QED) is 0.716. The summed E-state index contributed by atoms with van der Waals surface area (Å²) in [5.41, 5.74) is 6.33. The lowest BCUT2D eigenvalue weighted by atomic mass is 10.1. The van der Waals surface area contributed by atoms with Crippen LogP contribution in [0.25, 0.3) is 0 Å². The van der Waals surface area contributed by atoms with Crippen LogP contribution in [-0.2, 0) is 6.54 Å². The monoisotopic (exact) mass is 180 g/mol. The van der Waals surface area contributed by atoms with Gasteiger partial charge in [0.15, 0.2) is 0 Å². The van der Waals surface area contributed by atoms with Gasteiger partial charge in [0, 0.05) is 18.2 Å². The smallest absolute Gasteiger partial charge is 0.130 e. The van der Waals surface area contributed by atoms with Crippen molar-refractivity contribution in [3.8, 4) is 0 Å². The summed E-state index contributed by atoms with van der Waals surface area (Å²) >= 11 is 0. The maximum Gasteiger partial charge on any atom is 0.130 e. The molecule has 0 aliphatic carbocycles. The molecule has 3 N–H and O–H groups in total. The first-order valence-corrected chi connectivity index (χ1v) is 4.30. The molecule has 0 saturated carbocycles. The average Bonchev–Trinajstić information content (AvgIpc) is 2.01. The van der Waals surface area contributed by atoms with Crippen molar-refractivity contribution >= 4 is 5.82 Å². The van der Waals surface area contributed by atoms with Crippen molar-refractivity contribution in [2.75, 3.05) is 5.32 Å². The van der Waals surface area contributed by atoms with E-state index < -0.39 is 0 Å². The predicted molar refractivity (Wildman–Crippen MR) is 53.3 cm³/mol. The van der Waals surface area contributed by atoms with Gasteiger partial charge in [0.05, 0.1) is 5.69 Å². The van der Waals surface area contributed by atoms with Gasteiger partial charge in [-0.05, 0) is 20.8 Å². The first kappa shape index (κ1) is 9.92. The fourth-order valence-electron chi connectivity index (χ4n) is 0.962. The Morgan fingerprint density at radius 2 is 2.08 bits per heavy atom. The molecule has 0 spiro atoms. The number of hydrogen-bond acceptors (Lipinski definition) is 4. The number of nitrogens with two attached hydrogens (primary N) is 1. The molecule has 1 aromatic rings. The highest BCUT2D eigenvalue weighted by molar-refractivity contribution is 5.37. The molecule has 0 unspecified atom stereocenters. The third kappa shape index (κ3) is 3.38. The van der Waals surface area contributed by atoms with E-state index >= 15 is 0 Å². The van der Waals surface area contributed by atoms with Crippen LogP contribution < -0.4 is 11.1 Å². The van der Waals surface area contributed by atoms with Crippen LogP contribution in [0.1, 0.15) is 26.5 Å². The lowest BCUT2D eigenvalue weighted by Gasteiger charge is -2.21. The SMILES string of the molecule is CC(C)(C)Nc1cc(CN)ncn1. The van der Waals surface area contributed by atoms with E-state index in [0.717, 1.165) is 11.5 Å². The van der Waals surface area contributed by atoms with Crippen LogP contribution in [0.15, 0.2) is 12.4 Å². The van der Waals surface area contributed by atoms with Gasteiger partial charge in [0.2, 0.25) is 0 Å². The molecule has 0 saturated heterocycles. The van der Waals surface area contributed by atoms with Crippen molar-refractivity contribution in [1.82, 2.24) is 9.97 Å². The highest BCUT2D eigenvalue weighted by atomic mass is 15.1. The van der Waals surface area contributed by atoms with Crippen LogP contribution >= 0.6 is 0 Å². The van der Waals surface area contributed by atoms with Gasteiger partial charge in [-0.15, -0.1) is 0 Å². The van der Waals surface area contributed by atoms with Crippen LogP contribution in [-0.4, -0.2) is 15.5 Å². The molecular weight excluding hydrogens is 164 g/mol. The average molecular weight is 180 g/mol. The maximum absolute atomic E-state index is 5.46. The van der Waals surface area contributed by atoms with Crippen molar-refractivity contribution in [3.05, 3.63) is 18.1 Å². The molecule has 72 valence electrons. The maximum atomic E-state index is 5.46. The third-order valence-electron chi connectivity index (χ3n) is 1.44. The molecule has 0 aliphatic heterocycles. The van der Waals surface area contributed by atoms with Gasteiger partial charge in [0.25, 0.3) is 0 Å². The second-order valence-electron chi connectivity index (χ2n) is 3.97. The van der Waals surface area contributed by atoms with Crippen LogP contribution in [0.3, 0.4) is 0 Å². The molecule has 4 nitrogen and oxygen atoms in total. The third-order valence-corrected chi connectivity index (χ3v) is 1.44. The summed E-state index contributed by atoms with van der Waals surface area (Å²) in [5, 5.41) is 3.25. The minimum absolute atomic E-state index is 0.0141.